The molecule has 1 amide bonds. The third-order valence-corrected chi connectivity index (χ3v) is 3.39. The molecule has 0 aliphatic heterocycles. The highest BCUT2D eigenvalue weighted by molar-refractivity contribution is 6.02. The van der Waals surface area contributed by atoms with Gasteiger partial charge in [-0.1, -0.05) is 12.1 Å². The molecule has 0 atom stereocenters. The number of nitrogens with one attached hydrogen (secondary N) is 1. The van der Waals surface area contributed by atoms with Crippen LogP contribution in [-0.4, -0.2) is 17.0 Å². The number of carbonyl (C=O) groups is 2. The van der Waals surface area contributed by atoms with Gasteiger partial charge in [0, 0.05) is 16.9 Å². The van der Waals surface area contributed by atoms with E-state index in [0.717, 1.165) is 5.56 Å². The number of nitrogen functional groups attached to an aromatic ring is 1. The van der Waals surface area contributed by atoms with Crippen molar-refractivity contribution in [2.24, 2.45) is 0 Å². The molecule has 3 rings (SSSR count). The van der Waals surface area contributed by atoms with Gasteiger partial charge in [-0.25, -0.2) is 4.79 Å². The number of carbonyl (C=O) groups excluding carboxylic acids is 1. The van der Waals surface area contributed by atoms with Crippen molar-refractivity contribution in [3.63, 3.8) is 0 Å². The summed E-state index contributed by atoms with van der Waals surface area (Å²) >= 11 is 0. The number of anilines is 2. The van der Waals surface area contributed by atoms with Crippen LogP contribution in [0.25, 0.3) is 11.3 Å². The minimum absolute atomic E-state index is 0.148. The fourth-order valence-corrected chi connectivity index (χ4v) is 2.20. The van der Waals surface area contributed by atoms with Crippen molar-refractivity contribution >= 4 is 23.3 Å². The van der Waals surface area contributed by atoms with Crippen LogP contribution in [0.1, 0.15) is 20.9 Å². The van der Waals surface area contributed by atoms with E-state index >= 15 is 0 Å². The summed E-state index contributed by atoms with van der Waals surface area (Å²) in [6.07, 6.45) is 0. The number of carboxylic acid groups (broad SMARTS) is 1. The van der Waals surface area contributed by atoms with E-state index in [1.54, 1.807) is 30.3 Å². The first-order chi connectivity index (χ1) is 11.5. The number of benzene rings is 2. The largest absolute Gasteiger partial charge is 0.478 e. The Balaban J connectivity index is 1.75. The lowest BCUT2D eigenvalue weighted by Gasteiger charge is -2.03. The lowest BCUT2D eigenvalue weighted by molar-refractivity contribution is 0.0696. The molecule has 0 aliphatic carbocycles. The molecular weight excluding hydrogens is 308 g/mol. The van der Waals surface area contributed by atoms with Gasteiger partial charge in [0.15, 0.2) is 5.76 Å². The number of furan rings is 1. The minimum Gasteiger partial charge on any atom is -0.478 e. The summed E-state index contributed by atoms with van der Waals surface area (Å²) in [6, 6.07) is 16.3. The van der Waals surface area contributed by atoms with Crippen LogP contribution in [-0.2, 0) is 0 Å². The van der Waals surface area contributed by atoms with Crippen LogP contribution in [0, 0.1) is 0 Å². The Morgan fingerprint density at radius 3 is 2.42 bits per heavy atom. The average Bonchev–Trinajstić information content (AvgIpc) is 3.05. The van der Waals surface area contributed by atoms with Crippen LogP contribution < -0.4 is 11.1 Å². The minimum atomic E-state index is -1.02. The summed E-state index contributed by atoms with van der Waals surface area (Å²) in [5, 5.41) is 11.5. The monoisotopic (exact) mass is 322 g/mol. The summed E-state index contributed by atoms with van der Waals surface area (Å²) in [5.41, 5.74) is 7.74. The molecule has 0 saturated heterocycles. The van der Waals surface area contributed by atoms with E-state index in [0.29, 0.717) is 17.1 Å². The first-order valence-electron chi connectivity index (χ1n) is 7.13. The highest BCUT2D eigenvalue weighted by Gasteiger charge is 2.13. The van der Waals surface area contributed by atoms with Crippen molar-refractivity contribution in [1.29, 1.82) is 0 Å². The number of aromatic carboxylic acids is 1. The van der Waals surface area contributed by atoms with E-state index in [4.69, 9.17) is 15.3 Å². The van der Waals surface area contributed by atoms with Gasteiger partial charge in [0.1, 0.15) is 5.76 Å². The topological polar surface area (TPSA) is 106 Å². The highest BCUT2D eigenvalue weighted by Crippen LogP contribution is 2.24. The molecule has 0 aliphatic rings. The summed E-state index contributed by atoms with van der Waals surface area (Å²) in [6.45, 7) is 0. The van der Waals surface area contributed by atoms with Gasteiger partial charge >= 0.3 is 5.97 Å². The Labute approximate surface area is 137 Å². The maximum absolute atomic E-state index is 12.2. The number of carboxylic acids is 1. The number of amides is 1. The molecule has 6 heteroatoms. The molecule has 0 saturated carbocycles. The Morgan fingerprint density at radius 2 is 1.75 bits per heavy atom. The van der Waals surface area contributed by atoms with Crippen LogP contribution in [0.2, 0.25) is 0 Å². The molecule has 1 aromatic heterocycles. The van der Waals surface area contributed by atoms with Gasteiger partial charge in [0.05, 0.1) is 5.56 Å². The third-order valence-electron chi connectivity index (χ3n) is 3.39. The quantitative estimate of drug-likeness (QED) is 0.638. The van der Waals surface area contributed by atoms with Gasteiger partial charge in [-0.2, -0.15) is 0 Å². The second kappa shape index (κ2) is 6.29. The molecule has 120 valence electrons. The van der Waals surface area contributed by atoms with Gasteiger partial charge in [-0.05, 0) is 48.5 Å². The molecule has 0 unspecified atom stereocenters. The standard InChI is InChI=1S/C18H14N2O4/c19-13-3-1-2-12(10-13)15-8-9-16(24-15)17(21)20-14-6-4-11(5-7-14)18(22)23/h1-10H,19H2,(H,20,21)(H,22,23). The second-order valence-electron chi connectivity index (χ2n) is 5.13. The van der Waals surface area contributed by atoms with E-state index in [-0.39, 0.29) is 11.3 Å². The second-order valence-corrected chi connectivity index (χ2v) is 5.13. The van der Waals surface area contributed by atoms with Gasteiger partial charge < -0.3 is 20.6 Å². The molecule has 1 heterocycles. The third kappa shape index (κ3) is 3.27. The maximum Gasteiger partial charge on any atom is 0.335 e. The van der Waals surface area contributed by atoms with E-state index < -0.39 is 11.9 Å². The molecule has 2 aromatic carbocycles. The van der Waals surface area contributed by atoms with Crippen molar-refractivity contribution in [1.82, 2.24) is 0 Å². The molecule has 4 N–H and O–H groups in total. The average molecular weight is 322 g/mol. The Bertz CT molecular complexity index is 897. The zero-order chi connectivity index (χ0) is 17.1. The molecule has 0 spiro atoms. The fourth-order valence-electron chi connectivity index (χ4n) is 2.20. The first kappa shape index (κ1) is 15.4. The molecule has 0 bridgehead atoms. The molecule has 0 radical (unpaired) electrons. The van der Waals surface area contributed by atoms with Gasteiger partial charge in [0.25, 0.3) is 5.91 Å². The predicted molar refractivity (Wildman–Crippen MR) is 89.9 cm³/mol. The van der Waals surface area contributed by atoms with Gasteiger partial charge in [-0.3, -0.25) is 4.79 Å². The van der Waals surface area contributed by atoms with E-state index in [9.17, 15) is 9.59 Å². The SMILES string of the molecule is Nc1cccc(-c2ccc(C(=O)Nc3ccc(C(=O)O)cc3)o2)c1. The van der Waals surface area contributed by atoms with Crippen molar-refractivity contribution in [3.8, 4) is 11.3 Å². The number of nitrogens with two attached hydrogens (primary N) is 1. The Hall–Kier alpha value is -3.54. The van der Waals surface area contributed by atoms with Gasteiger partial charge in [-0.15, -0.1) is 0 Å². The summed E-state index contributed by atoms with van der Waals surface area (Å²) in [4.78, 5) is 23.0. The van der Waals surface area contributed by atoms with Crippen LogP contribution >= 0.6 is 0 Å². The van der Waals surface area contributed by atoms with Crippen LogP contribution in [0.5, 0.6) is 0 Å². The summed E-state index contributed by atoms with van der Waals surface area (Å²) < 4.78 is 5.56. The number of hydrogen-bond donors (Lipinski definition) is 3. The predicted octanol–water partition coefficient (Wildman–Crippen LogP) is 3.48. The zero-order valence-corrected chi connectivity index (χ0v) is 12.5. The van der Waals surface area contributed by atoms with E-state index in [1.807, 2.05) is 6.07 Å². The molecule has 6 nitrogen and oxygen atoms in total. The van der Waals surface area contributed by atoms with Crippen LogP contribution in [0.15, 0.2) is 65.1 Å². The lowest BCUT2D eigenvalue weighted by Crippen LogP contribution is -2.11. The van der Waals surface area contributed by atoms with E-state index in [2.05, 4.69) is 5.32 Å². The molecule has 24 heavy (non-hydrogen) atoms. The summed E-state index contributed by atoms with van der Waals surface area (Å²) in [5.74, 6) is -0.762. The smallest absolute Gasteiger partial charge is 0.335 e. The number of rotatable bonds is 4. The van der Waals surface area contributed by atoms with Crippen molar-refractivity contribution in [2.45, 2.75) is 0 Å². The molecule has 0 fully saturated rings. The Kier molecular flexibility index (Phi) is 4.03. The highest BCUT2D eigenvalue weighted by atomic mass is 16.4. The van der Waals surface area contributed by atoms with Gasteiger partial charge in [0.2, 0.25) is 0 Å². The first-order valence-corrected chi connectivity index (χ1v) is 7.13. The normalized spacial score (nSPS) is 10.3. The maximum atomic E-state index is 12.2. The number of hydrogen-bond acceptors (Lipinski definition) is 4. The van der Waals surface area contributed by atoms with Crippen molar-refractivity contribution < 1.29 is 19.1 Å². The fraction of sp³-hybridized carbons (Fsp3) is 0. The zero-order valence-electron chi connectivity index (χ0n) is 12.5. The molecule has 3 aromatic rings. The van der Waals surface area contributed by atoms with E-state index in [1.165, 1.54) is 24.3 Å². The molecular formula is C18H14N2O4. The van der Waals surface area contributed by atoms with Crippen LogP contribution in [0.4, 0.5) is 11.4 Å². The Morgan fingerprint density at radius 1 is 1.00 bits per heavy atom. The lowest BCUT2D eigenvalue weighted by atomic mass is 10.1. The summed E-state index contributed by atoms with van der Waals surface area (Å²) in [7, 11) is 0. The van der Waals surface area contributed by atoms with Crippen molar-refractivity contribution in [2.75, 3.05) is 11.1 Å². The van der Waals surface area contributed by atoms with Crippen molar-refractivity contribution in [3.05, 3.63) is 72.0 Å². The van der Waals surface area contributed by atoms with Crippen LogP contribution in [0.3, 0.4) is 0 Å².